The second-order valence-corrected chi connectivity index (χ2v) is 6.90. The van der Waals surface area contributed by atoms with Crippen LogP contribution in [-0.2, 0) is 14.6 Å². The Morgan fingerprint density at radius 2 is 1.94 bits per heavy atom. The number of nitrogens with one attached hydrogen (secondary N) is 1. The van der Waals surface area contributed by atoms with Crippen molar-refractivity contribution >= 4 is 15.7 Å². The summed E-state index contributed by atoms with van der Waals surface area (Å²) in [5, 5.41) is 1.73. The van der Waals surface area contributed by atoms with Crippen molar-refractivity contribution in [2.75, 3.05) is 6.26 Å². The van der Waals surface area contributed by atoms with Crippen molar-refractivity contribution in [1.82, 2.24) is 5.32 Å². The number of carbonyl (C=O) groups is 1. The van der Waals surface area contributed by atoms with Gasteiger partial charge in [-0.2, -0.15) is 0 Å². The largest absolute Gasteiger partial charge is 0.351 e. The molecule has 3 N–H and O–H groups in total. The normalized spacial score (nSPS) is 28.4. The first-order chi connectivity index (χ1) is 7.32. The zero-order chi connectivity index (χ0) is 12.3. The van der Waals surface area contributed by atoms with Crippen LogP contribution >= 0.6 is 0 Å². The van der Waals surface area contributed by atoms with E-state index >= 15 is 0 Å². The Kier molecular flexibility index (Phi) is 4.32. The van der Waals surface area contributed by atoms with Crippen LogP contribution in [0, 0.1) is 0 Å². The summed E-state index contributed by atoms with van der Waals surface area (Å²) >= 11 is 0. The average Bonchev–Trinajstić information content (AvgIpc) is 2.19. The second-order valence-electron chi connectivity index (χ2n) is 4.54. The Bertz CT molecular complexity index is 353. The molecule has 0 aromatic heterocycles. The lowest BCUT2D eigenvalue weighted by Gasteiger charge is -2.30. The number of hydrogen-bond acceptors (Lipinski definition) is 4. The van der Waals surface area contributed by atoms with Crippen molar-refractivity contribution in [3.05, 3.63) is 0 Å². The third kappa shape index (κ3) is 3.45. The molecule has 3 atom stereocenters. The first kappa shape index (κ1) is 13.4. The highest BCUT2D eigenvalue weighted by atomic mass is 32.2. The molecule has 0 aliphatic heterocycles. The minimum Gasteiger partial charge on any atom is -0.351 e. The smallest absolute Gasteiger partial charge is 0.238 e. The van der Waals surface area contributed by atoms with E-state index in [0.717, 1.165) is 31.9 Å². The molecule has 0 spiro atoms. The molecule has 1 saturated carbocycles. The molecule has 1 unspecified atom stereocenters. The molecule has 5 nitrogen and oxygen atoms in total. The van der Waals surface area contributed by atoms with Gasteiger partial charge in [0.25, 0.3) is 0 Å². The number of hydrogen-bond donors (Lipinski definition) is 2. The SMILES string of the molecule is CC(C(=O)N[C@@H]1CCCC[C@H]1N)S(C)(=O)=O. The Morgan fingerprint density at radius 3 is 2.44 bits per heavy atom. The lowest BCUT2D eigenvalue weighted by Crippen LogP contribution is -2.52. The Balaban J connectivity index is 2.57. The standard InChI is InChI=1S/C10H20N2O3S/c1-7(16(2,14)15)10(13)12-9-6-4-3-5-8(9)11/h7-9H,3-6,11H2,1-2H3,(H,12,13)/t7?,8-,9-/m1/s1. The molecule has 1 amide bonds. The predicted octanol–water partition coefficient (Wildman–Crippen LogP) is -0.194. The van der Waals surface area contributed by atoms with Crippen molar-refractivity contribution < 1.29 is 13.2 Å². The van der Waals surface area contributed by atoms with Crippen LogP contribution in [-0.4, -0.2) is 37.9 Å². The highest BCUT2D eigenvalue weighted by Gasteiger charge is 2.28. The van der Waals surface area contributed by atoms with Gasteiger partial charge in [-0.25, -0.2) is 8.42 Å². The van der Waals surface area contributed by atoms with Crippen LogP contribution in [0.2, 0.25) is 0 Å². The van der Waals surface area contributed by atoms with Crippen LogP contribution in [0.25, 0.3) is 0 Å². The third-order valence-corrected chi connectivity index (χ3v) is 4.66. The van der Waals surface area contributed by atoms with Gasteiger partial charge in [-0.05, 0) is 19.8 Å². The number of nitrogens with two attached hydrogens (primary N) is 1. The molecule has 16 heavy (non-hydrogen) atoms. The summed E-state index contributed by atoms with van der Waals surface area (Å²) in [4.78, 5) is 11.7. The molecule has 1 aliphatic carbocycles. The highest BCUT2D eigenvalue weighted by Crippen LogP contribution is 2.17. The molecule has 1 aliphatic rings. The van der Waals surface area contributed by atoms with E-state index in [1.165, 1.54) is 6.92 Å². The highest BCUT2D eigenvalue weighted by molar-refractivity contribution is 7.92. The van der Waals surface area contributed by atoms with Crippen molar-refractivity contribution in [3.8, 4) is 0 Å². The van der Waals surface area contributed by atoms with Gasteiger partial charge in [0.15, 0.2) is 9.84 Å². The zero-order valence-electron chi connectivity index (χ0n) is 9.77. The number of sulfone groups is 1. The first-order valence-corrected chi connectivity index (χ1v) is 7.52. The number of amides is 1. The van der Waals surface area contributed by atoms with Gasteiger partial charge in [-0.3, -0.25) is 4.79 Å². The molecule has 0 aromatic rings. The van der Waals surface area contributed by atoms with Crippen LogP contribution in [0.1, 0.15) is 32.6 Å². The molecule has 6 heteroatoms. The van der Waals surface area contributed by atoms with Crippen LogP contribution in [0.15, 0.2) is 0 Å². The molecule has 0 bridgehead atoms. The minimum atomic E-state index is -3.32. The number of carbonyl (C=O) groups excluding carboxylic acids is 1. The number of rotatable bonds is 3. The fourth-order valence-electron chi connectivity index (χ4n) is 1.83. The molecular weight excluding hydrogens is 228 g/mol. The molecule has 1 fully saturated rings. The Hall–Kier alpha value is -0.620. The molecule has 0 aromatic carbocycles. The molecular formula is C10H20N2O3S. The third-order valence-electron chi connectivity index (χ3n) is 3.16. The van der Waals surface area contributed by atoms with E-state index in [1.54, 1.807) is 0 Å². The summed E-state index contributed by atoms with van der Waals surface area (Å²) in [5.41, 5.74) is 5.87. The summed E-state index contributed by atoms with van der Waals surface area (Å²) in [7, 11) is -3.32. The molecule has 1 rings (SSSR count). The quantitative estimate of drug-likeness (QED) is 0.724. The van der Waals surface area contributed by atoms with E-state index in [2.05, 4.69) is 5.32 Å². The van der Waals surface area contributed by atoms with Crippen molar-refractivity contribution in [2.45, 2.75) is 49.9 Å². The fraction of sp³-hybridized carbons (Fsp3) is 0.900. The summed E-state index contributed by atoms with van der Waals surface area (Å²) in [6, 6.07) is -0.130. The van der Waals surface area contributed by atoms with Gasteiger partial charge in [-0.1, -0.05) is 12.8 Å². The lowest BCUT2D eigenvalue weighted by molar-refractivity contribution is -0.121. The van der Waals surface area contributed by atoms with Crippen LogP contribution in [0.3, 0.4) is 0 Å². The topological polar surface area (TPSA) is 89.3 Å². The van der Waals surface area contributed by atoms with Crippen LogP contribution in [0.5, 0.6) is 0 Å². The van der Waals surface area contributed by atoms with Gasteiger partial charge < -0.3 is 11.1 Å². The summed E-state index contributed by atoms with van der Waals surface area (Å²) < 4.78 is 22.4. The summed E-state index contributed by atoms with van der Waals surface area (Å²) in [6.07, 6.45) is 4.90. The van der Waals surface area contributed by atoms with E-state index in [-0.39, 0.29) is 12.1 Å². The monoisotopic (exact) mass is 248 g/mol. The van der Waals surface area contributed by atoms with E-state index < -0.39 is 21.0 Å². The van der Waals surface area contributed by atoms with E-state index in [4.69, 9.17) is 5.73 Å². The molecule has 94 valence electrons. The van der Waals surface area contributed by atoms with Gasteiger partial charge in [-0.15, -0.1) is 0 Å². The average molecular weight is 248 g/mol. The van der Waals surface area contributed by atoms with Crippen molar-refractivity contribution in [2.24, 2.45) is 5.73 Å². The van der Waals surface area contributed by atoms with E-state index in [0.29, 0.717) is 0 Å². The van der Waals surface area contributed by atoms with Gasteiger partial charge >= 0.3 is 0 Å². The van der Waals surface area contributed by atoms with Gasteiger partial charge in [0.05, 0.1) is 0 Å². The first-order valence-electron chi connectivity index (χ1n) is 5.57. The fourth-order valence-corrected chi connectivity index (χ4v) is 2.29. The minimum absolute atomic E-state index is 0.0514. The van der Waals surface area contributed by atoms with Gasteiger partial charge in [0.2, 0.25) is 5.91 Å². The maximum atomic E-state index is 11.7. The molecule has 0 heterocycles. The van der Waals surface area contributed by atoms with Gasteiger partial charge in [0.1, 0.15) is 5.25 Å². The predicted molar refractivity (Wildman–Crippen MR) is 62.7 cm³/mol. The molecule has 0 saturated heterocycles. The van der Waals surface area contributed by atoms with Crippen molar-refractivity contribution in [1.29, 1.82) is 0 Å². The lowest BCUT2D eigenvalue weighted by atomic mass is 9.91. The Morgan fingerprint density at radius 1 is 1.38 bits per heavy atom. The van der Waals surface area contributed by atoms with Crippen molar-refractivity contribution in [3.63, 3.8) is 0 Å². The molecule has 0 radical (unpaired) electrons. The zero-order valence-corrected chi connectivity index (χ0v) is 10.6. The van der Waals surface area contributed by atoms with Gasteiger partial charge in [0, 0.05) is 18.3 Å². The second kappa shape index (κ2) is 5.14. The maximum Gasteiger partial charge on any atom is 0.238 e. The van der Waals surface area contributed by atoms with Crippen LogP contribution < -0.4 is 11.1 Å². The van der Waals surface area contributed by atoms with E-state index in [1.807, 2.05) is 0 Å². The Labute approximate surface area is 96.7 Å². The summed E-state index contributed by atoms with van der Waals surface area (Å²) in [6.45, 7) is 1.40. The maximum absolute atomic E-state index is 11.7. The van der Waals surface area contributed by atoms with E-state index in [9.17, 15) is 13.2 Å². The summed E-state index contributed by atoms with van der Waals surface area (Å²) in [5.74, 6) is -0.440. The van der Waals surface area contributed by atoms with Crippen LogP contribution in [0.4, 0.5) is 0 Å².